The van der Waals surface area contributed by atoms with Crippen molar-refractivity contribution in [2.75, 3.05) is 13.2 Å². The number of hydrogen-bond donors (Lipinski definition) is 1. The normalized spacial score (nSPS) is 12.6. The van der Waals surface area contributed by atoms with Gasteiger partial charge in [-0.2, -0.15) is 0 Å². The van der Waals surface area contributed by atoms with Crippen LogP contribution >= 0.6 is 0 Å². The molecule has 0 radical (unpaired) electrons. The highest BCUT2D eigenvalue weighted by molar-refractivity contribution is 5.34. The minimum absolute atomic E-state index is 0.0656. The smallest absolute Gasteiger partial charge is 0.123 e. The molecule has 2 aromatic rings. The number of halogens is 2. The highest BCUT2D eigenvalue weighted by Gasteiger charge is 2.22. The lowest BCUT2D eigenvalue weighted by Crippen LogP contribution is -2.22. The number of benzene rings is 2. The van der Waals surface area contributed by atoms with Crippen molar-refractivity contribution in [3.8, 4) is 0 Å². The molecular formula is C17H18F2O2. The van der Waals surface area contributed by atoms with Crippen LogP contribution in [-0.2, 0) is 4.74 Å². The first-order chi connectivity index (χ1) is 10.1. The molecule has 0 fully saturated rings. The quantitative estimate of drug-likeness (QED) is 0.883. The molecule has 0 aromatic heterocycles. The average molecular weight is 292 g/mol. The average Bonchev–Trinajstić information content (AvgIpc) is 2.49. The Hall–Kier alpha value is -1.78. The van der Waals surface area contributed by atoms with Gasteiger partial charge in [0.2, 0.25) is 0 Å². The predicted molar refractivity (Wildman–Crippen MR) is 77.1 cm³/mol. The summed E-state index contributed by atoms with van der Waals surface area (Å²) in [5.74, 6) is -0.765. The van der Waals surface area contributed by atoms with Crippen molar-refractivity contribution < 1.29 is 18.6 Å². The molecular weight excluding hydrogens is 274 g/mol. The minimum Gasteiger partial charge on any atom is -0.394 e. The molecule has 0 spiro atoms. The molecule has 0 aliphatic rings. The molecule has 2 aromatic carbocycles. The summed E-state index contributed by atoms with van der Waals surface area (Å²) in [6, 6.07) is 12.4. The summed E-state index contributed by atoms with van der Waals surface area (Å²) >= 11 is 0. The molecule has 0 amide bonds. The van der Waals surface area contributed by atoms with Gasteiger partial charge in [0.1, 0.15) is 11.6 Å². The first-order valence-electron chi connectivity index (χ1n) is 6.85. The molecule has 0 unspecified atom stereocenters. The van der Waals surface area contributed by atoms with Gasteiger partial charge in [0.05, 0.1) is 19.3 Å². The van der Waals surface area contributed by atoms with Gasteiger partial charge in [-0.05, 0) is 42.3 Å². The van der Waals surface area contributed by atoms with Crippen LogP contribution in [0.4, 0.5) is 8.78 Å². The minimum atomic E-state index is -0.305. The van der Waals surface area contributed by atoms with E-state index in [4.69, 9.17) is 9.84 Å². The second kappa shape index (κ2) is 7.29. The monoisotopic (exact) mass is 292 g/mol. The van der Waals surface area contributed by atoms with Gasteiger partial charge >= 0.3 is 0 Å². The molecule has 2 nitrogen and oxygen atoms in total. The van der Waals surface area contributed by atoms with Gasteiger partial charge in [0, 0.05) is 5.92 Å². The first kappa shape index (κ1) is 15.6. The van der Waals surface area contributed by atoms with Crippen LogP contribution in [0.15, 0.2) is 48.5 Å². The largest absolute Gasteiger partial charge is 0.394 e. The van der Waals surface area contributed by atoms with Crippen molar-refractivity contribution in [3.05, 3.63) is 71.3 Å². The third-order valence-electron chi connectivity index (χ3n) is 3.40. The standard InChI is InChI=1S/C17H18F2O2/c1-12(21-11-10-20)17(13-2-6-15(18)7-3-13)14-4-8-16(19)9-5-14/h2-9,12,17,20H,10-11H2,1H3/t12-/m0/s1. The lowest BCUT2D eigenvalue weighted by Gasteiger charge is -2.25. The number of aliphatic hydroxyl groups is 1. The van der Waals surface area contributed by atoms with Crippen molar-refractivity contribution in [2.45, 2.75) is 18.9 Å². The van der Waals surface area contributed by atoms with Crippen LogP contribution in [0.2, 0.25) is 0 Å². The molecule has 0 bridgehead atoms. The van der Waals surface area contributed by atoms with E-state index >= 15 is 0 Å². The van der Waals surface area contributed by atoms with Gasteiger partial charge in [-0.15, -0.1) is 0 Å². The van der Waals surface area contributed by atoms with Gasteiger partial charge in [-0.1, -0.05) is 24.3 Å². The zero-order valence-corrected chi connectivity index (χ0v) is 11.8. The lowest BCUT2D eigenvalue weighted by molar-refractivity contribution is 0.0305. The van der Waals surface area contributed by atoms with Gasteiger partial charge in [0.15, 0.2) is 0 Å². The van der Waals surface area contributed by atoms with Gasteiger partial charge in [0.25, 0.3) is 0 Å². The van der Waals surface area contributed by atoms with Gasteiger partial charge < -0.3 is 9.84 Å². The molecule has 1 N–H and O–H groups in total. The number of rotatable bonds is 6. The van der Waals surface area contributed by atoms with E-state index in [0.717, 1.165) is 11.1 Å². The summed E-state index contributed by atoms with van der Waals surface area (Å²) in [4.78, 5) is 0. The van der Waals surface area contributed by atoms with Gasteiger partial charge in [-0.25, -0.2) is 8.78 Å². The third kappa shape index (κ3) is 4.09. The van der Waals surface area contributed by atoms with Crippen molar-refractivity contribution in [1.29, 1.82) is 0 Å². The Labute approximate surface area is 123 Å². The maximum Gasteiger partial charge on any atom is 0.123 e. The van der Waals surface area contributed by atoms with E-state index in [2.05, 4.69) is 0 Å². The molecule has 1 atom stereocenters. The summed E-state index contributed by atoms with van der Waals surface area (Å²) in [6.07, 6.45) is -0.229. The molecule has 0 saturated heterocycles. The van der Waals surface area contributed by atoms with Gasteiger partial charge in [-0.3, -0.25) is 0 Å². The highest BCUT2D eigenvalue weighted by atomic mass is 19.1. The van der Waals surface area contributed by atoms with Crippen molar-refractivity contribution in [1.82, 2.24) is 0 Å². The highest BCUT2D eigenvalue weighted by Crippen LogP contribution is 2.30. The van der Waals surface area contributed by atoms with Crippen molar-refractivity contribution in [2.24, 2.45) is 0 Å². The summed E-state index contributed by atoms with van der Waals surface area (Å²) in [5, 5.41) is 8.89. The summed E-state index contributed by atoms with van der Waals surface area (Å²) < 4.78 is 31.8. The molecule has 4 heteroatoms. The second-order valence-corrected chi connectivity index (χ2v) is 4.88. The Balaban J connectivity index is 2.33. The molecule has 0 aliphatic heterocycles. The zero-order valence-electron chi connectivity index (χ0n) is 11.8. The van der Waals surface area contributed by atoms with Crippen LogP contribution in [-0.4, -0.2) is 24.4 Å². The number of ether oxygens (including phenoxy) is 1. The van der Waals surface area contributed by atoms with E-state index < -0.39 is 0 Å². The van der Waals surface area contributed by atoms with Crippen LogP contribution in [0.25, 0.3) is 0 Å². The fourth-order valence-corrected chi connectivity index (χ4v) is 2.41. The summed E-state index contributed by atoms with van der Waals surface area (Å²) in [5.41, 5.74) is 1.77. The van der Waals surface area contributed by atoms with Crippen LogP contribution in [0.3, 0.4) is 0 Å². The molecule has 2 rings (SSSR count). The third-order valence-corrected chi connectivity index (χ3v) is 3.40. The maximum atomic E-state index is 13.1. The molecule has 112 valence electrons. The number of hydrogen-bond acceptors (Lipinski definition) is 2. The van der Waals surface area contributed by atoms with E-state index in [-0.39, 0.29) is 36.9 Å². The molecule has 21 heavy (non-hydrogen) atoms. The van der Waals surface area contributed by atoms with Crippen LogP contribution in [0.1, 0.15) is 24.0 Å². The van der Waals surface area contributed by atoms with E-state index in [0.29, 0.717) is 0 Å². The Morgan fingerprint density at radius 1 is 0.905 bits per heavy atom. The van der Waals surface area contributed by atoms with E-state index in [9.17, 15) is 8.78 Å². The summed E-state index contributed by atoms with van der Waals surface area (Å²) in [7, 11) is 0. The fourth-order valence-electron chi connectivity index (χ4n) is 2.41. The Bertz CT molecular complexity index is 507. The van der Waals surface area contributed by atoms with Crippen LogP contribution < -0.4 is 0 Å². The summed E-state index contributed by atoms with van der Waals surface area (Å²) in [6.45, 7) is 2.04. The first-order valence-corrected chi connectivity index (χ1v) is 6.85. The van der Waals surface area contributed by atoms with E-state index in [1.807, 2.05) is 6.92 Å². The molecule has 0 heterocycles. The van der Waals surface area contributed by atoms with E-state index in [1.165, 1.54) is 24.3 Å². The Morgan fingerprint density at radius 3 is 1.71 bits per heavy atom. The number of aliphatic hydroxyl groups excluding tert-OH is 1. The van der Waals surface area contributed by atoms with E-state index in [1.54, 1.807) is 24.3 Å². The van der Waals surface area contributed by atoms with Crippen LogP contribution in [0, 0.1) is 11.6 Å². The SMILES string of the molecule is C[C@H](OCCO)C(c1ccc(F)cc1)c1ccc(F)cc1. The Kier molecular flexibility index (Phi) is 5.42. The van der Waals surface area contributed by atoms with Crippen molar-refractivity contribution in [3.63, 3.8) is 0 Å². The lowest BCUT2D eigenvalue weighted by atomic mass is 9.87. The predicted octanol–water partition coefficient (Wildman–Crippen LogP) is 3.49. The molecule has 0 saturated carbocycles. The van der Waals surface area contributed by atoms with Crippen LogP contribution in [0.5, 0.6) is 0 Å². The zero-order chi connectivity index (χ0) is 15.2. The maximum absolute atomic E-state index is 13.1. The second-order valence-electron chi connectivity index (χ2n) is 4.88. The fraction of sp³-hybridized carbons (Fsp3) is 0.294. The van der Waals surface area contributed by atoms with Crippen molar-refractivity contribution >= 4 is 0 Å². The molecule has 0 aliphatic carbocycles. The Morgan fingerprint density at radius 2 is 1.33 bits per heavy atom. The topological polar surface area (TPSA) is 29.5 Å².